The lowest BCUT2D eigenvalue weighted by atomic mass is 10.1. The summed E-state index contributed by atoms with van der Waals surface area (Å²) in [6.07, 6.45) is 2.47. The van der Waals surface area contributed by atoms with Crippen molar-refractivity contribution in [2.45, 2.75) is 34.1 Å². The zero-order valence-corrected chi connectivity index (χ0v) is 15.3. The van der Waals surface area contributed by atoms with Gasteiger partial charge >= 0.3 is 0 Å². The molecule has 1 aromatic carbocycles. The molecule has 0 unspecified atom stereocenters. The molecule has 0 saturated carbocycles. The Bertz CT molecular complexity index is 935. The normalized spacial score (nSPS) is 10.9. The number of hydrogen-bond acceptors (Lipinski definition) is 3. The van der Waals surface area contributed by atoms with Crippen molar-refractivity contribution in [2.24, 2.45) is 7.05 Å². The Balaban J connectivity index is 1.95. The van der Waals surface area contributed by atoms with E-state index < -0.39 is 0 Å². The van der Waals surface area contributed by atoms with Gasteiger partial charge in [0.1, 0.15) is 0 Å². The number of amides is 1. The van der Waals surface area contributed by atoms with Gasteiger partial charge in [0.05, 0.1) is 34.5 Å². The van der Waals surface area contributed by atoms with E-state index in [1.54, 1.807) is 10.9 Å². The Labute approximate surface area is 147 Å². The molecule has 2 aromatic heterocycles. The smallest absolute Gasteiger partial charge is 0.259 e. The minimum Gasteiger partial charge on any atom is -0.319 e. The van der Waals surface area contributed by atoms with E-state index in [9.17, 15) is 4.79 Å². The van der Waals surface area contributed by atoms with E-state index in [-0.39, 0.29) is 5.91 Å². The zero-order valence-electron chi connectivity index (χ0n) is 15.3. The average molecular weight is 337 g/mol. The van der Waals surface area contributed by atoms with Crippen molar-refractivity contribution in [2.75, 3.05) is 5.32 Å². The molecule has 1 N–H and O–H groups in total. The van der Waals surface area contributed by atoms with Crippen molar-refractivity contribution < 1.29 is 4.79 Å². The van der Waals surface area contributed by atoms with Gasteiger partial charge in [-0.05, 0) is 44.9 Å². The van der Waals surface area contributed by atoms with Crippen molar-refractivity contribution in [1.82, 2.24) is 19.6 Å². The van der Waals surface area contributed by atoms with Crippen LogP contribution in [0.5, 0.6) is 0 Å². The lowest BCUT2D eigenvalue weighted by molar-refractivity contribution is 0.102. The van der Waals surface area contributed by atoms with Gasteiger partial charge in [-0.2, -0.15) is 10.2 Å². The molecule has 3 aromatic rings. The number of carbonyl (C=O) groups excluding carboxylic acids is 1. The maximum atomic E-state index is 12.7. The van der Waals surface area contributed by atoms with Gasteiger partial charge < -0.3 is 5.32 Å². The minimum absolute atomic E-state index is 0.151. The van der Waals surface area contributed by atoms with Crippen LogP contribution in [-0.4, -0.2) is 25.5 Å². The molecule has 2 heterocycles. The molecule has 1 amide bonds. The number of aryl methyl sites for hydroxylation is 3. The number of carbonyl (C=O) groups is 1. The first-order valence-corrected chi connectivity index (χ1v) is 8.37. The van der Waals surface area contributed by atoms with Gasteiger partial charge in [-0.25, -0.2) is 4.68 Å². The summed E-state index contributed by atoms with van der Waals surface area (Å²) in [5.41, 5.74) is 6.05. The molecule has 0 atom stereocenters. The average Bonchev–Trinajstić information content (AvgIpc) is 3.08. The first-order valence-electron chi connectivity index (χ1n) is 8.37. The van der Waals surface area contributed by atoms with E-state index in [0.717, 1.165) is 34.9 Å². The van der Waals surface area contributed by atoms with E-state index in [0.29, 0.717) is 5.56 Å². The van der Waals surface area contributed by atoms with Crippen molar-refractivity contribution in [3.8, 4) is 5.69 Å². The van der Waals surface area contributed by atoms with Gasteiger partial charge in [-0.15, -0.1) is 0 Å². The summed E-state index contributed by atoms with van der Waals surface area (Å²) in [4.78, 5) is 12.7. The fraction of sp³-hybridized carbons (Fsp3) is 0.316. The zero-order chi connectivity index (χ0) is 18.1. The van der Waals surface area contributed by atoms with Crippen LogP contribution in [0.15, 0.2) is 30.5 Å². The fourth-order valence-corrected chi connectivity index (χ4v) is 3.09. The van der Waals surface area contributed by atoms with Crippen LogP contribution in [0.4, 0.5) is 5.69 Å². The molecule has 0 bridgehead atoms. The summed E-state index contributed by atoms with van der Waals surface area (Å²) in [5, 5.41) is 11.8. The van der Waals surface area contributed by atoms with Gasteiger partial charge in [0.25, 0.3) is 5.91 Å². The van der Waals surface area contributed by atoms with E-state index in [2.05, 4.69) is 41.5 Å². The number of anilines is 1. The summed E-state index contributed by atoms with van der Waals surface area (Å²) in [7, 11) is 1.84. The third kappa shape index (κ3) is 3.07. The molecular weight excluding hydrogens is 314 g/mol. The molecule has 0 saturated heterocycles. The van der Waals surface area contributed by atoms with Crippen LogP contribution in [0.25, 0.3) is 5.69 Å². The van der Waals surface area contributed by atoms with E-state index in [4.69, 9.17) is 0 Å². The topological polar surface area (TPSA) is 64.7 Å². The Kier molecular flexibility index (Phi) is 4.44. The molecule has 6 nitrogen and oxygen atoms in total. The molecule has 25 heavy (non-hydrogen) atoms. The quantitative estimate of drug-likeness (QED) is 0.794. The second kappa shape index (κ2) is 6.55. The first-order chi connectivity index (χ1) is 11.9. The molecule has 3 rings (SSSR count). The van der Waals surface area contributed by atoms with Crippen molar-refractivity contribution >= 4 is 11.6 Å². The standard InChI is InChI=1S/C19H23N5O/c1-6-17-16(11-20-24(17)15-9-7-8-12(2)10-15)21-19(25)18-13(3)22-23(5)14(18)4/h7-11H,6H2,1-5H3,(H,21,25). The first kappa shape index (κ1) is 17.0. The van der Waals surface area contributed by atoms with Crippen molar-refractivity contribution in [1.29, 1.82) is 0 Å². The maximum absolute atomic E-state index is 12.7. The van der Waals surface area contributed by atoms with Crippen LogP contribution in [0.2, 0.25) is 0 Å². The van der Waals surface area contributed by atoms with E-state index in [1.807, 2.05) is 37.7 Å². The summed E-state index contributed by atoms with van der Waals surface area (Å²) in [6, 6.07) is 8.15. The lowest BCUT2D eigenvalue weighted by Gasteiger charge is -2.10. The SMILES string of the molecule is CCc1c(NC(=O)c2c(C)nn(C)c2C)cnn1-c1cccc(C)c1. The van der Waals surface area contributed by atoms with Crippen LogP contribution >= 0.6 is 0 Å². The Morgan fingerprint density at radius 1 is 1.24 bits per heavy atom. The Morgan fingerprint density at radius 2 is 2.00 bits per heavy atom. The third-order valence-corrected chi connectivity index (χ3v) is 4.43. The minimum atomic E-state index is -0.151. The highest BCUT2D eigenvalue weighted by Gasteiger charge is 2.20. The molecule has 0 spiro atoms. The highest BCUT2D eigenvalue weighted by molar-refractivity contribution is 6.06. The summed E-state index contributed by atoms with van der Waals surface area (Å²) in [6.45, 7) is 7.85. The molecule has 0 fully saturated rings. The predicted molar refractivity (Wildman–Crippen MR) is 98.3 cm³/mol. The molecule has 0 aliphatic carbocycles. The lowest BCUT2D eigenvalue weighted by Crippen LogP contribution is -2.15. The summed E-state index contributed by atoms with van der Waals surface area (Å²) in [5.74, 6) is -0.151. The molecule has 6 heteroatoms. The van der Waals surface area contributed by atoms with E-state index >= 15 is 0 Å². The van der Waals surface area contributed by atoms with E-state index in [1.165, 1.54) is 5.56 Å². The highest BCUT2D eigenvalue weighted by atomic mass is 16.1. The number of nitrogens with zero attached hydrogens (tertiary/aromatic N) is 4. The molecule has 0 aliphatic heterocycles. The maximum Gasteiger partial charge on any atom is 0.259 e. The van der Waals surface area contributed by atoms with Crippen LogP contribution in [0.1, 0.15) is 39.9 Å². The summed E-state index contributed by atoms with van der Waals surface area (Å²) < 4.78 is 3.60. The largest absolute Gasteiger partial charge is 0.319 e. The number of aromatic nitrogens is 4. The second-order valence-electron chi connectivity index (χ2n) is 6.23. The number of benzene rings is 1. The number of nitrogens with one attached hydrogen (secondary N) is 1. The van der Waals surface area contributed by atoms with Gasteiger partial charge in [-0.1, -0.05) is 19.1 Å². The second-order valence-corrected chi connectivity index (χ2v) is 6.23. The molecule has 0 aliphatic rings. The molecule has 0 radical (unpaired) electrons. The van der Waals surface area contributed by atoms with Crippen LogP contribution in [-0.2, 0) is 13.5 Å². The Morgan fingerprint density at radius 3 is 2.60 bits per heavy atom. The number of rotatable bonds is 4. The van der Waals surface area contributed by atoms with Gasteiger partial charge in [0.15, 0.2) is 0 Å². The van der Waals surface area contributed by atoms with Gasteiger partial charge in [0.2, 0.25) is 0 Å². The molecule has 130 valence electrons. The monoisotopic (exact) mass is 337 g/mol. The third-order valence-electron chi connectivity index (χ3n) is 4.43. The van der Waals surface area contributed by atoms with Crippen LogP contribution in [0, 0.1) is 20.8 Å². The van der Waals surface area contributed by atoms with Crippen molar-refractivity contribution in [3.63, 3.8) is 0 Å². The highest BCUT2D eigenvalue weighted by Crippen LogP contribution is 2.22. The Hall–Kier alpha value is -2.89. The van der Waals surface area contributed by atoms with Gasteiger partial charge in [-0.3, -0.25) is 9.48 Å². The summed E-state index contributed by atoms with van der Waals surface area (Å²) >= 11 is 0. The van der Waals surface area contributed by atoms with Crippen molar-refractivity contribution in [3.05, 3.63) is 58.7 Å². The molecular formula is C19H23N5O. The van der Waals surface area contributed by atoms with Crippen LogP contribution in [0.3, 0.4) is 0 Å². The number of hydrogen-bond donors (Lipinski definition) is 1. The van der Waals surface area contributed by atoms with Crippen LogP contribution < -0.4 is 5.32 Å². The fourth-order valence-electron chi connectivity index (χ4n) is 3.09. The van der Waals surface area contributed by atoms with Gasteiger partial charge in [0, 0.05) is 12.7 Å². The predicted octanol–water partition coefficient (Wildman–Crippen LogP) is 3.35.